The molecular weight excluding hydrogens is 284 g/mol. The fourth-order valence-electron chi connectivity index (χ4n) is 2.21. The molecule has 0 amide bonds. The molecule has 0 saturated carbocycles. The Kier molecular flexibility index (Phi) is 4.08. The number of carboxylic acid groups (broad SMARTS) is 2. The van der Waals surface area contributed by atoms with Crippen molar-refractivity contribution in [3.05, 3.63) is 69.8 Å². The highest BCUT2D eigenvalue weighted by Gasteiger charge is 2.16. The van der Waals surface area contributed by atoms with Crippen LogP contribution in [0.5, 0.6) is 0 Å². The minimum atomic E-state index is -1.09. The Bertz CT molecular complexity index is 790. The summed E-state index contributed by atoms with van der Waals surface area (Å²) in [7, 11) is 0. The maximum atomic E-state index is 12.4. The lowest BCUT2D eigenvalue weighted by molar-refractivity contribution is 0.0685. The van der Waals surface area contributed by atoms with Crippen molar-refractivity contribution in [1.82, 2.24) is 0 Å². The fraction of sp³-hybridized carbons (Fsp3) is 0.118. The molecule has 0 aliphatic rings. The van der Waals surface area contributed by atoms with Crippen LogP contribution in [0.4, 0.5) is 0 Å². The number of benzene rings is 2. The Hall–Kier alpha value is -2.95. The van der Waals surface area contributed by atoms with Gasteiger partial charge in [-0.05, 0) is 43.2 Å². The second-order valence-electron chi connectivity index (χ2n) is 5.00. The first-order chi connectivity index (χ1) is 10.3. The third-order valence-electron chi connectivity index (χ3n) is 3.45. The molecule has 0 atom stereocenters. The summed E-state index contributed by atoms with van der Waals surface area (Å²) in [6, 6.07) is 8.77. The zero-order chi connectivity index (χ0) is 16.4. The Morgan fingerprint density at radius 1 is 0.727 bits per heavy atom. The Labute approximate surface area is 126 Å². The van der Waals surface area contributed by atoms with Crippen molar-refractivity contribution in [1.29, 1.82) is 0 Å². The molecule has 0 spiro atoms. The Morgan fingerprint density at radius 2 is 1.27 bits per heavy atom. The number of aromatic carboxylic acids is 2. The third kappa shape index (κ3) is 2.88. The molecule has 0 aliphatic heterocycles. The summed E-state index contributed by atoms with van der Waals surface area (Å²) in [6.07, 6.45) is 0. The van der Waals surface area contributed by atoms with E-state index in [9.17, 15) is 14.4 Å². The molecule has 0 saturated heterocycles. The minimum Gasteiger partial charge on any atom is -0.478 e. The zero-order valence-electron chi connectivity index (χ0n) is 12.1. The highest BCUT2D eigenvalue weighted by molar-refractivity contribution is 6.10. The second-order valence-corrected chi connectivity index (χ2v) is 5.00. The van der Waals surface area contributed by atoms with Gasteiger partial charge in [0, 0.05) is 11.1 Å². The van der Waals surface area contributed by atoms with E-state index in [2.05, 4.69) is 0 Å². The van der Waals surface area contributed by atoms with Gasteiger partial charge >= 0.3 is 11.9 Å². The summed E-state index contributed by atoms with van der Waals surface area (Å²) >= 11 is 0. The average molecular weight is 298 g/mol. The number of carbonyl (C=O) groups is 3. The molecule has 2 aromatic rings. The van der Waals surface area contributed by atoms with Crippen LogP contribution in [0.15, 0.2) is 36.4 Å². The smallest absolute Gasteiger partial charge is 0.335 e. The first-order valence-electron chi connectivity index (χ1n) is 6.54. The van der Waals surface area contributed by atoms with Crippen LogP contribution in [0.25, 0.3) is 0 Å². The number of rotatable bonds is 4. The second kappa shape index (κ2) is 5.81. The van der Waals surface area contributed by atoms with Gasteiger partial charge in [-0.2, -0.15) is 0 Å². The van der Waals surface area contributed by atoms with Crippen LogP contribution < -0.4 is 0 Å². The quantitative estimate of drug-likeness (QED) is 0.847. The predicted molar refractivity (Wildman–Crippen MR) is 79.7 cm³/mol. The van der Waals surface area contributed by atoms with Crippen LogP contribution in [-0.4, -0.2) is 27.9 Å². The predicted octanol–water partition coefficient (Wildman–Crippen LogP) is 2.93. The summed E-state index contributed by atoms with van der Waals surface area (Å²) in [4.78, 5) is 34.5. The number of carbonyl (C=O) groups excluding carboxylic acids is 1. The van der Waals surface area contributed by atoms with Gasteiger partial charge in [0.2, 0.25) is 0 Å². The Balaban J connectivity index is 2.44. The molecule has 22 heavy (non-hydrogen) atoms. The van der Waals surface area contributed by atoms with Crippen molar-refractivity contribution in [2.24, 2.45) is 0 Å². The van der Waals surface area contributed by atoms with E-state index in [0.717, 1.165) is 0 Å². The summed E-state index contributed by atoms with van der Waals surface area (Å²) in [5.74, 6) is -2.49. The molecule has 2 rings (SSSR count). The number of ketones is 1. The van der Waals surface area contributed by atoms with Crippen LogP contribution in [0.1, 0.15) is 47.8 Å². The van der Waals surface area contributed by atoms with Gasteiger partial charge in [-0.1, -0.05) is 18.2 Å². The molecule has 112 valence electrons. The first kappa shape index (κ1) is 15.4. The third-order valence-corrected chi connectivity index (χ3v) is 3.45. The van der Waals surface area contributed by atoms with Crippen molar-refractivity contribution in [3.8, 4) is 0 Å². The van der Waals surface area contributed by atoms with E-state index in [1.54, 1.807) is 26.0 Å². The summed E-state index contributed by atoms with van der Waals surface area (Å²) in [6.45, 7) is 3.27. The molecule has 0 heterocycles. The molecule has 0 aromatic heterocycles. The largest absolute Gasteiger partial charge is 0.478 e. The van der Waals surface area contributed by atoms with Gasteiger partial charge < -0.3 is 10.2 Å². The summed E-state index contributed by atoms with van der Waals surface area (Å²) in [5.41, 5.74) is 1.83. The van der Waals surface area contributed by atoms with Crippen molar-refractivity contribution < 1.29 is 24.6 Å². The molecular formula is C17H14O5. The molecule has 5 heteroatoms. The van der Waals surface area contributed by atoms with Gasteiger partial charge in [0.05, 0.1) is 11.1 Å². The molecule has 0 aliphatic carbocycles. The molecule has 2 N–H and O–H groups in total. The zero-order valence-corrected chi connectivity index (χ0v) is 12.1. The van der Waals surface area contributed by atoms with Crippen LogP contribution in [0, 0.1) is 13.8 Å². The van der Waals surface area contributed by atoms with E-state index in [1.807, 2.05) is 0 Å². The fourth-order valence-corrected chi connectivity index (χ4v) is 2.21. The van der Waals surface area contributed by atoms with E-state index in [0.29, 0.717) is 16.7 Å². The lowest BCUT2D eigenvalue weighted by atomic mass is 9.96. The van der Waals surface area contributed by atoms with Gasteiger partial charge in [-0.25, -0.2) is 9.59 Å². The highest BCUT2D eigenvalue weighted by Crippen LogP contribution is 2.18. The lowest BCUT2D eigenvalue weighted by Crippen LogP contribution is -2.07. The molecule has 0 fully saturated rings. The summed E-state index contributed by atoms with van der Waals surface area (Å²) in [5, 5.41) is 18.1. The van der Waals surface area contributed by atoms with Crippen LogP contribution >= 0.6 is 0 Å². The molecule has 0 bridgehead atoms. The summed E-state index contributed by atoms with van der Waals surface area (Å²) < 4.78 is 0. The number of carboxylic acids is 2. The van der Waals surface area contributed by atoms with E-state index >= 15 is 0 Å². The number of aryl methyl sites for hydroxylation is 2. The molecule has 2 aromatic carbocycles. The van der Waals surface area contributed by atoms with Crippen molar-refractivity contribution >= 4 is 17.7 Å². The van der Waals surface area contributed by atoms with E-state index in [-0.39, 0.29) is 22.5 Å². The average Bonchev–Trinajstić information content (AvgIpc) is 2.46. The molecule has 5 nitrogen and oxygen atoms in total. The first-order valence-corrected chi connectivity index (χ1v) is 6.54. The maximum absolute atomic E-state index is 12.4. The SMILES string of the molecule is Cc1cc(C(=O)c2ccc(C)c(C(=O)O)c2)ccc1C(=O)O. The van der Waals surface area contributed by atoms with Gasteiger partial charge in [0.25, 0.3) is 0 Å². The van der Waals surface area contributed by atoms with E-state index in [1.165, 1.54) is 24.3 Å². The minimum absolute atomic E-state index is 0.0738. The van der Waals surface area contributed by atoms with Crippen molar-refractivity contribution in [3.63, 3.8) is 0 Å². The number of hydrogen-bond acceptors (Lipinski definition) is 3. The van der Waals surface area contributed by atoms with Gasteiger partial charge in [-0.15, -0.1) is 0 Å². The van der Waals surface area contributed by atoms with Crippen molar-refractivity contribution in [2.45, 2.75) is 13.8 Å². The van der Waals surface area contributed by atoms with Crippen molar-refractivity contribution in [2.75, 3.05) is 0 Å². The molecule has 0 unspecified atom stereocenters. The highest BCUT2D eigenvalue weighted by atomic mass is 16.4. The standard InChI is InChI=1S/C17H14O5/c1-9-3-4-12(8-14(9)17(21)22)15(18)11-5-6-13(16(19)20)10(2)7-11/h3-8H,1-2H3,(H,19,20)(H,21,22). The lowest BCUT2D eigenvalue weighted by Gasteiger charge is -2.07. The van der Waals surface area contributed by atoms with Crippen LogP contribution in [0.3, 0.4) is 0 Å². The van der Waals surface area contributed by atoms with Gasteiger partial charge in [-0.3, -0.25) is 4.79 Å². The van der Waals surface area contributed by atoms with Crippen LogP contribution in [0.2, 0.25) is 0 Å². The van der Waals surface area contributed by atoms with Crippen LogP contribution in [-0.2, 0) is 0 Å². The Morgan fingerprint density at radius 3 is 1.82 bits per heavy atom. The monoisotopic (exact) mass is 298 g/mol. The number of hydrogen-bond donors (Lipinski definition) is 2. The van der Waals surface area contributed by atoms with E-state index in [4.69, 9.17) is 10.2 Å². The normalized spacial score (nSPS) is 10.3. The molecule has 0 radical (unpaired) electrons. The maximum Gasteiger partial charge on any atom is 0.335 e. The topological polar surface area (TPSA) is 91.7 Å². The van der Waals surface area contributed by atoms with Gasteiger partial charge in [0.15, 0.2) is 5.78 Å². The van der Waals surface area contributed by atoms with Gasteiger partial charge in [0.1, 0.15) is 0 Å². The van der Waals surface area contributed by atoms with E-state index < -0.39 is 11.9 Å².